The Hall–Kier alpha value is -0.980. The molecule has 0 N–H and O–H groups in total. The molecule has 0 spiro atoms. The van der Waals surface area contributed by atoms with Crippen molar-refractivity contribution in [3.63, 3.8) is 0 Å². The fourth-order valence-electron chi connectivity index (χ4n) is 2.13. The quantitative estimate of drug-likeness (QED) is 0.863. The van der Waals surface area contributed by atoms with Gasteiger partial charge in [0.05, 0.1) is 16.9 Å². The highest BCUT2D eigenvalue weighted by molar-refractivity contribution is 7.13. The summed E-state index contributed by atoms with van der Waals surface area (Å²) in [4.78, 5) is 13.7. The molecule has 0 saturated carbocycles. The summed E-state index contributed by atoms with van der Waals surface area (Å²) in [6.07, 6.45) is 0. The van der Waals surface area contributed by atoms with E-state index >= 15 is 0 Å². The second kappa shape index (κ2) is 5.34. The van der Waals surface area contributed by atoms with Crippen LogP contribution in [0.25, 0.3) is 0 Å². The van der Waals surface area contributed by atoms with Gasteiger partial charge in [0.25, 0.3) is 0 Å². The number of thiazole rings is 2. The molecule has 4 nitrogen and oxygen atoms in total. The zero-order valence-corrected chi connectivity index (χ0v) is 12.0. The van der Waals surface area contributed by atoms with Crippen LogP contribution in [0.4, 0.5) is 5.13 Å². The van der Waals surface area contributed by atoms with Crippen LogP contribution in [-0.4, -0.2) is 41.0 Å². The predicted molar refractivity (Wildman–Crippen MR) is 76.5 cm³/mol. The van der Waals surface area contributed by atoms with Crippen molar-refractivity contribution >= 4 is 27.8 Å². The molecule has 0 atom stereocenters. The lowest BCUT2D eigenvalue weighted by molar-refractivity contribution is 0.247. The Morgan fingerprint density at radius 3 is 2.67 bits per heavy atom. The standard InChI is InChI=1S/C12H16N4S2/c1-10-7-18-12(14-10)16-4-2-15(3-5-16)6-11-8-17-9-13-11/h7-9H,2-6H2,1H3. The summed E-state index contributed by atoms with van der Waals surface area (Å²) in [5, 5.41) is 5.42. The van der Waals surface area contributed by atoms with E-state index in [0.717, 1.165) is 38.4 Å². The summed E-state index contributed by atoms with van der Waals surface area (Å²) in [5.41, 5.74) is 4.22. The minimum atomic E-state index is 0.980. The highest BCUT2D eigenvalue weighted by Crippen LogP contribution is 2.21. The number of piperazine rings is 1. The summed E-state index contributed by atoms with van der Waals surface area (Å²) in [7, 11) is 0. The molecule has 96 valence electrons. The fourth-order valence-corrected chi connectivity index (χ4v) is 3.54. The van der Waals surface area contributed by atoms with Crippen LogP contribution in [0.15, 0.2) is 16.3 Å². The number of rotatable bonds is 3. The van der Waals surface area contributed by atoms with Crippen molar-refractivity contribution in [1.29, 1.82) is 0 Å². The molecule has 0 radical (unpaired) electrons. The molecule has 2 aromatic heterocycles. The molecule has 6 heteroatoms. The molecule has 2 aromatic rings. The Balaban J connectivity index is 1.55. The summed E-state index contributed by atoms with van der Waals surface area (Å²) < 4.78 is 0. The van der Waals surface area contributed by atoms with Crippen molar-refractivity contribution in [3.05, 3.63) is 27.7 Å². The van der Waals surface area contributed by atoms with Gasteiger partial charge in [-0.1, -0.05) is 0 Å². The Kier molecular flexibility index (Phi) is 3.58. The first kappa shape index (κ1) is 12.1. The van der Waals surface area contributed by atoms with Crippen molar-refractivity contribution in [2.45, 2.75) is 13.5 Å². The monoisotopic (exact) mass is 280 g/mol. The largest absolute Gasteiger partial charge is 0.346 e. The van der Waals surface area contributed by atoms with E-state index in [4.69, 9.17) is 0 Å². The van der Waals surface area contributed by atoms with Gasteiger partial charge in [0.2, 0.25) is 0 Å². The third-order valence-electron chi connectivity index (χ3n) is 3.12. The molecular formula is C12H16N4S2. The number of aryl methyl sites for hydroxylation is 1. The Bertz CT molecular complexity index is 486. The van der Waals surface area contributed by atoms with Crippen LogP contribution in [0.2, 0.25) is 0 Å². The van der Waals surface area contributed by atoms with Gasteiger partial charge in [-0.3, -0.25) is 4.90 Å². The second-order valence-corrected chi connectivity index (χ2v) is 6.07. The SMILES string of the molecule is Cc1csc(N2CCN(Cc3cscn3)CC2)n1. The van der Waals surface area contributed by atoms with E-state index in [-0.39, 0.29) is 0 Å². The molecular weight excluding hydrogens is 264 g/mol. The van der Waals surface area contributed by atoms with Crippen LogP contribution in [-0.2, 0) is 6.54 Å². The van der Waals surface area contributed by atoms with Crippen LogP contribution < -0.4 is 4.90 Å². The first-order chi connectivity index (χ1) is 8.81. The van der Waals surface area contributed by atoms with Crippen molar-refractivity contribution in [3.8, 4) is 0 Å². The average molecular weight is 280 g/mol. The van der Waals surface area contributed by atoms with Gasteiger partial charge >= 0.3 is 0 Å². The van der Waals surface area contributed by atoms with Gasteiger partial charge in [-0.2, -0.15) is 0 Å². The molecule has 0 bridgehead atoms. The van der Waals surface area contributed by atoms with Crippen molar-refractivity contribution in [1.82, 2.24) is 14.9 Å². The Labute approximate surface area is 115 Å². The maximum absolute atomic E-state index is 4.55. The van der Waals surface area contributed by atoms with Crippen molar-refractivity contribution in [2.24, 2.45) is 0 Å². The molecule has 1 saturated heterocycles. The van der Waals surface area contributed by atoms with E-state index < -0.39 is 0 Å². The third-order valence-corrected chi connectivity index (χ3v) is 4.77. The molecule has 0 amide bonds. The van der Waals surface area contributed by atoms with Crippen LogP contribution in [0.3, 0.4) is 0 Å². The van der Waals surface area contributed by atoms with Gasteiger partial charge in [-0.25, -0.2) is 9.97 Å². The molecule has 1 aliphatic rings. The zero-order valence-electron chi connectivity index (χ0n) is 10.4. The number of hydrogen-bond acceptors (Lipinski definition) is 6. The first-order valence-electron chi connectivity index (χ1n) is 6.08. The van der Waals surface area contributed by atoms with E-state index in [1.54, 1.807) is 22.7 Å². The summed E-state index contributed by atoms with van der Waals surface area (Å²) >= 11 is 3.42. The zero-order chi connectivity index (χ0) is 12.4. The van der Waals surface area contributed by atoms with E-state index in [0.29, 0.717) is 0 Å². The molecule has 3 rings (SSSR count). The predicted octanol–water partition coefficient (Wildman–Crippen LogP) is 2.23. The smallest absolute Gasteiger partial charge is 0.185 e. The first-order valence-corrected chi connectivity index (χ1v) is 7.90. The highest BCUT2D eigenvalue weighted by atomic mass is 32.1. The van der Waals surface area contributed by atoms with Crippen LogP contribution >= 0.6 is 22.7 Å². The van der Waals surface area contributed by atoms with Crippen LogP contribution in [0.5, 0.6) is 0 Å². The average Bonchev–Trinajstić information content (AvgIpc) is 3.02. The van der Waals surface area contributed by atoms with Crippen molar-refractivity contribution in [2.75, 3.05) is 31.1 Å². The molecule has 0 aromatic carbocycles. The lowest BCUT2D eigenvalue weighted by Gasteiger charge is -2.34. The highest BCUT2D eigenvalue weighted by Gasteiger charge is 2.19. The summed E-state index contributed by atoms with van der Waals surface area (Å²) in [6.45, 7) is 7.35. The van der Waals surface area contributed by atoms with Crippen molar-refractivity contribution < 1.29 is 0 Å². The topological polar surface area (TPSA) is 32.3 Å². The van der Waals surface area contributed by atoms with Gasteiger partial charge in [-0.05, 0) is 6.92 Å². The number of aromatic nitrogens is 2. The maximum Gasteiger partial charge on any atom is 0.185 e. The third kappa shape index (κ3) is 2.71. The summed E-state index contributed by atoms with van der Waals surface area (Å²) in [5.74, 6) is 0. The summed E-state index contributed by atoms with van der Waals surface area (Å²) in [6, 6.07) is 0. The molecule has 0 unspecified atom stereocenters. The fraction of sp³-hybridized carbons (Fsp3) is 0.500. The van der Waals surface area contributed by atoms with E-state index in [1.807, 2.05) is 5.51 Å². The normalized spacial score (nSPS) is 17.3. The minimum absolute atomic E-state index is 0.980. The lowest BCUT2D eigenvalue weighted by Crippen LogP contribution is -2.46. The van der Waals surface area contributed by atoms with Gasteiger partial charge in [0.15, 0.2) is 5.13 Å². The molecule has 0 aliphatic carbocycles. The number of nitrogens with zero attached hydrogens (tertiary/aromatic N) is 4. The van der Waals surface area contributed by atoms with E-state index in [9.17, 15) is 0 Å². The van der Waals surface area contributed by atoms with Crippen LogP contribution in [0.1, 0.15) is 11.4 Å². The lowest BCUT2D eigenvalue weighted by atomic mass is 10.3. The number of hydrogen-bond donors (Lipinski definition) is 0. The Morgan fingerprint density at radius 1 is 1.22 bits per heavy atom. The van der Waals surface area contributed by atoms with Gasteiger partial charge in [-0.15, -0.1) is 22.7 Å². The molecule has 1 aliphatic heterocycles. The van der Waals surface area contributed by atoms with Gasteiger partial charge in [0, 0.05) is 43.5 Å². The molecule has 1 fully saturated rings. The molecule has 18 heavy (non-hydrogen) atoms. The second-order valence-electron chi connectivity index (χ2n) is 4.51. The maximum atomic E-state index is 4.55. The van der Waals surface area contributed by atoms with E-state index in [2.05, 4.69) is 37.5 Å². The Morgan fingerprint density at radius 2 is 2.06 bits per heavy atom. The molecule has 3 heterocycles. The van der Waals surface area contributed by atoms with Gasteiger partial charge in [0.1, 0.15) is 0 Å². The van der Waals surface area contributed by atoms with Crippen LogP contribution in [0, 0.1) is 6.92 Å². The number of anilines is 1. The minimum Gasteiger partial charge on any atom is -0.346 e. The van der Waals surface area contributed by atoms with E-state index in [1.165, 1.54) is 10.8 Å². The van der Waals surface area contributed by atoms with Gasteiger partial charge < -0.3 is 4.90 Å².